The fourth-order valence-corrected chi connectivity index (χ4v) is 2.31. The van der Waals surface area contributed by atoms with Crippen LogP contribution in [0.2, 0.25) is 0 Å². The Morgan fingerprint density at radius 1 is 1.18 bits per heavy atom. The van der Waals surface area contributed by atoms with Crippen molar-refractivity contribution in [2.24, 2.45) is 5.92 Å². The van der Waals surface area contributed by atoms with E-state index in [2.05, 4.69) is 55.8 Å². The Hall–Kier alpha value is -1.28. The van der Waals surface area contributed by atoms with E-state index in [0.29, 0.717) is 12.0 Å². The molecule has 0 spiro atoms. The standard InChI is InChI=1S/C15H21NO/c1-11(2)16-9-13(8-12(3)10-17)14-6-4-5-7-15(14)16/h4-7,9,11-12,17H,8,10H2,1-3H3. The summed E-state index contributed by atoms with van der Waals surface area (Å²) in [6.45, 7) is 6.74. The van der Waals surface area contributed by atoms with Gasteiger partial charge in [-0.1, -0.05) is 25.1 Å². The first-order valence-corrected chi connectivity index (χ1v) is 6.32. The second kappa shape index (κ2) is 4.92. The molecule has 0 aliphatic heterocycles. The SMILES string of the molecule is CC(CO)Cc1cn(C(C)C)c2ccccc12. The number of aliphatic hydroxyl groups is 1. The van der Waals surface area contributed by atoms with Gasteiger partial charge in [0.1, 0.15) is 0 Å². The first-order valence-electron chi connectivity index (χ1n) is 6.32. The van der Waals surface area contributed by atoms with Crippen LogP contribution in [0.3, 0.4) is 0 Å². The van der Waals surface area contributed by atoms with Crippen LogP contribution in [0.4, 0.5) is 0 Å². The highest BCUT2D eigenvalue weighted by molar-refractivity contribution is 5.84. The van der Waals surface area contributed by atoms with E-state index in [1.54, 1.807) is 0 Å². The first kappa shape index (κ1) is 12.2. The second-order valence-electron chi connectivity index (χ2n) is 5.16. The number of para-hydroxylation sites is 1. The molecule has 0 bridgehead atoms. The molecule has 2 heteroatoms. The van der Waals surface area contributed by atoms with Gasteiger partial charge in [0.05, 0.1) is 0 Å². The van der Waals surface area contributed by atoms with E-state index in [4.69, 9.17) is 0 Å². The van der Waals surface area contributed by atoms with Gasteiger partial charge in [-0.05, 0) is 37.8 Å². The summed E-state index contributed by atoms with van der Waals surface area (Å²) in [6.07, 6.45) is 3.18. The smallest absolute Gasteiger partial charge is 0.0485 e. The van der Waals surface area contributed by atoms with E-state index in [0.717, 1.165) is 6.42 Å². The number of aliphatic hydroxyl groups excluding tert-OH is 1. The number of hydrogen-bond donors (Lipinski definition) is 1. The zero-order valence-electron chi connectivity index (χ0n) is 10.9. The monoisotopic (exact) mass is 231 g/mol. The molecule has 1 atom stereocenters. The molecule has 2 rings (SSSR count). The van der Waals surface area contributed by atoms with Crippen molar-refractivity contribution in [2.45, 2.75) is 33.2 Å². The molecule has 0 saturated carbocycles. The molecule has 1 unspecified atom stereocenters. The molecule has 0 amide bonds. The van der Waals surface area contributed by atoms with E-state index in [1.165, 1.54) is 16.5 Å². The van der Waals surface area contributed by atoms with Gasteiger partial charge in [-0.25, -0.2) is 0 Å². The van der Waals surface area contributed by atoms with Gasteiger partial charge >= 0.3 is 0 Å². The van der Waals surface area contributed by atoms with E-state index in [9.17, 15) is 5.11 Å². The quantitative estimate of drug-likeness (QED) is 0.857. The van der Waals surface area contributed by atoms with Crippen molar-refractivity contribution >= 4 is 10.9 Å². The Labute approximate surface area is 103 Å². The second-order valence-corrected chi connectivity index (χ2v) is 5.16. The van der Waals surface area contributed by atoms with Crippen LogP contribution < -0.4 is 0 Å². The molecule has 0 fully saturated rings. The lowest BCUT2D eigenvalue weighted by atomic mass is 10.0. The van der Waals surface area contributed by atoms with Crippen molar-refractivity contribution in [1.82, 2.24) is 4.57 Å². The van der Waals surface area contributed by atoms with Crippen molar-refractivity contribution < 1.29 is 5.11 Å². The third kappa shape index (κ3) is 2.37. The highest BCUT2D eigenvalue weighted by Gasteiger charge is 2.12. The number of aromatic nitrogens is 1. The topological polar surface area (TPSA) is 25.2 Å². The molecule has 0 saturated heterocycles. The number of benzene rings is 1. The molecule has 0 radical (unpaired) electrons. The van der Waals surface area contributed by atoms with Crippen LogP contribution in [-0.4, -0.2) is 16.3 Å². The highest BCUT2D eigenvalue weighted by Crippen LogP contribution is 2.26. The molecule has 17 heavy (non-hydrogen) atoms. The molecular formula is C15H21NO. The fourth-order valence-electron chi connectivity index (χ4n) is 2.31. The summed E-state index contributed by atoms with van der Waals surface area (Å²) in [6, 6.07) is 8.98. The highest BCUT2D eigenvalue weighted by atomic mass is 16.3. The Morgan fingerprint density at radius 3 is 2.53 bits per heavy atom. The van der Waals surface area contributed by atoms with Gasteiger partial charge < -0.3 is 9.67 Å². The molecule has 2 aromatic rings. The van der Waals surface area contributed by atoms with E-state index < -0.39 is 0 Å². The van der Waals surface area contributed by atoms with Crippen LogP contribution >= 0.6 is 0 Å². The third-order valence-corrected chi connectivity index (χ3v) is 3.26. The lowest BCUT2D eigenvalue weighted by Gasteiger charge is -2.08. The summed E-state index contributed by atoms with van der Waals surface area (Å²) in [5, 5.41) is 10.5. The van der Waals surface area contributed by atoms with Crippen molar-refractivity contribution in [2.75, 3.05) is 6.61 Å². The molecule has 1 N–H and O–H groups in total. The van der Waals surface area contributed by atoms with Crippen LogP contribution in [0.5, 0.6) is 0 Å². The largest absolute Gasteiger partial charge is 0.396 e. The van der Waals surface area contributed by atoms with Crippen molar-refractivity contribution in [3.8, 4) is 0 Å². The maximum atomic E-state index is 9.18. The predicted octanol–water partition coefficient (Wildman–Crippen LogP) is 3.39. The summed E-state index contributed by atoms with van der Waals surface area (Å²) < 4.78 is 2.31. The Balaban J connectivity index is 2.49. The average molecular weight is 231 g/mol. The first-order chi connectivity index (χ1) is 8.13. The van der Waals surface area contributed by atoms with Crippen molar-refractivity contribution in [3.63, 3.8) is 0 Å². The summed E-state index contributed by atoms with van der Waals surface area (Å²) in [4.78, 5) is 0. The lowest BCUT2D eigenvalue weighted by molar-refractivity contribution is 0.237. The van der Waals surface area contributed by atoms with E-state index in [1.807, 2.05) is 0 Å². The Bertz CT molecular complexity index is 499. The molecule has 0 aliphatic rings. The molecule has 1 heterocycles. The van der Waals surface area contributed by atoms with E-state index >= 15 is 0 Å². The molecular weight excluding hydrogens is 210 g/mol. The molecule has 0 aliphatic carbocycles. The minimum absolute atomic E-state index is 0.251. The molecule has 1 aromatic heterocycles. The van der Waals surface area contributed by atoms with Crippen molar-refractivity contribution in [1.29, 1.82) is 0 Å². The Kier molecular flexibility index (Phi) is 3.53. The summed E-state index contributed by atoms with van der Waals surface area (Å²) in [5.74, 6) is 0.321. The maximum Gasteiger partial charge on any atom is 0.0485 e. The number of rotatable bonds is 4. The van der Waals surface area contributed by atoms with Crippen LogP contribution in [0.25, 0.3) is 10.9 Å². The molecule has 92 valence electrons. The number of hydrogen-bond acceptors (Lipinski definition) is 1. The number of fused-ring (bicyclic) bond motifs is 1. The lowest BCUT2D eigenvalue weighted by Crippen LogP contribution is -2.04. The molecule has 2 nitrogen and oxygen atoms in total. The summed E-state index contributed by atoms with van der Waals surface area (Å²) >= 11 is 0. The summed E-state index contributed by atoms with van der Waals surface area (Å²) in [5.41, 5.74) is 2.64. The third-order valence-electron chi connectivity index (χ3n) is 3.26. The summed E-state index contributed by atoms with van der Waals surface area (Å²) in [7, 11) is 0. The molecule has 1 aromatic carbocycles. The van der Waals surface area contributed by atoms with Crippen LogP contribution in [0.1, 0.15) is 32.4 Å². The zero-order valence-corrected chi connectivity index (χ0v) is 10.9. The van der Waals surface area contributed by atoms with Crippen LogP contribution in [0, 0.1) is 5.92 Å². The van der Waals surface area contributed by atoms with E-state index in [-0.39, 0.29) is 6.61 Å². The normalized spacial score (nSPS) is 13.5. The minimum atomic E-state index is 0.251. The van der Waals surface area contributed by atoms with Gasteiger partial charge in [-0.15, -0.1) is 0 Å². The van der Waals surface area contributed by atoms with Gasteiger partial charge in [0.2, 0.25) is 0 Å². The van der Waals surface area contributed by atoms with Gasteiger partial charge in [0, 0.05) is 29.7 Å². The zero-order chi connectivity index (χ0) is 12.4. The van der Waals surface area contributed by atoms with Gasteiger partial charge in [-0.2, -0.15) is 0 Å². The van der Waals surface area contributed by atoms with Crippen LogP contribution in [-0.2, 0) is 6.42 Å². The van der Waals surface area contributed by atoms with Gasteiger partial charge in [0.25, 0.3) is 0 Å². The van der Waals surface area contributed by atoms with Gasteiger partial charge in [-0.3, -0.25) is 0 Å². The average Bonchev–Trinajstić information content (AvgIpc) is 2.68. The number of nitrogens with zero attached hydrogens (tertiary/aromatic N) is 1. The maximum absolute atomic E-state index is 9.18. The fraction of sp³-hybridized carbons (Fsp3) is 0.467. The van der Waals surface area contributed by atoms with Crippen LogP contribution in [0.15, 0.2) is 30.5 Å². The minimum Gasteiger partial charge on any atom is -0.396 e. The Morgan fingerprint density at radius 2 is 1.88 bits per heavy atom. The van der Waals surface area contributed by atoms with Gasteiger partial charge in [0.15, 0.2) is 0 Å². The van der Waals surface area contributed by atoms with Crippen molar-refractivity contribution in [3.05, 3.63) is 36.0 Å². The predicted molar refractivity (Wildman–Crippen MR) is 72.3 cm³/mol.